The first-order chi connectivity index (χ1) is 10.2. The minimum atomic E-state index is -0.525. The number of aromatic nitrogens is 2. The number of nitrogens with two attached hydrogens (primary N) is 1. The maximum Gasteiger partial charge on any atom is 0.414 e. The maximum atomic E-state index is 12.1. The quantitative estimate of drug-likeness (QED) is 0.943. The molecular formula is C16H24N4O2. The number of benzene rings is 1. The lowest BCUT2D eigenvalue weighted by Gasteiger charge is -2.24. The zero-order valence-corrected chi connectivity index (χ0v) is 13.9. The van der Waals surface area contributed by atoms with Crippen LogP contribution in [0.2, 0.25) is 0 Å². The van der Waals surface area contributed by atoms with Crippen molar-refractivity contribution in [3.63, 3.8) is 0 Å². The third-order valence-corrected chi connectivity index (χ3v) is 3.26. The Hall–Kier alpha value is -2.24. The SMILES string of the molecule is CCCn1c(N)nc2cc(N(C)C(=O)OC(C)(C)C)ccc21. The number of aryl methyl sites for hydroxylation is 1. The van der Waals surface area contributed by atoms with Crippen LogP contribution in [0.4, 0.5) is 16.4 Å². The Morgan fingerprint density at radius 2 is 2.09 bits per heavy atom. The molecule has 2 N–H and O–H groups in total. The number of rotatable bonds is 3. The molecule has 0 aliphatic carbocycles. The Morgan fingerprint density at radius 3 is 2.68 bits per heavy atom. The summed E-state index contributed by atoms with van der Waals surface area (Å²) in [5.41, 5.74) is 7.90. The molecule has 0 radical (unpaired) electrons. The molecule has 0 fully saturated rings. The molecule has 0 saturated carbocycles. The Labute approximate surface area is 130 Å². The third kappa shape index (κ3) is 3.32. The van der Waals surface area contributed by atoms with Gasteiger partial charge in [0.15, 0.2) is 0 Å². The van der Waals surface area contributed by atoms with E-state index >= 15 is 0 Å². The van der Waals surface area contributed by atoms with Gasteiger partial charge in [0.2, 0.25) is 5.95 Å². The van der Waals surface area contributed by atoms with E-state index in [1.165, 1.54) is 4.90 Å². The van der Waals surface area contributed by atoms with E-state index < -0.39 is 11.7 Å². The lowest BCUT2D eigenvalue weighted by atomic mass is 10.2. The van der Waals surface area contributed by atoms with E-state index in [2.05, 4.69) is 11.9 Å². The van der Waals surface area contributed by atoms with Crippen LogP contribution in [0.1, 0.15) is 34.1 Å². The second-order valence-corrected chi connectivity index (χ2v) is 6.33. The minimum Gasteiger partial charge on any atom is -0.443 e. The highest BCUT2D eigenvalue weighted by Crippen LogP contribution is 2.24. The van der Waals surface area contributed by atoms with Crippen LogP contribution in [0.25, 0.3) is 11.0 Å². The molecule has 120 valence electrons. The average Bonchev–Trinajstić information content (AvgIpc) is 2.72. The number of carbonyl (C=O) groups is 1. The van der Waals surface area contributed by atoms with Gasteiger partial charge in [0.05, 0.1) is 11.0 Å². The molecule has 22 heavy (non-hydrogen) atoms. The molecule has 0 bridgehead atoms. The molecule has 1 aromatic heterocycles. The molecule has 0 spiro atoms. The van der Waals surface area contributed by atoms with E-state index in [4.69, 9.17) is 10.5 Å². The van der Waals surface area contributed by atoms with E-state index in [0.717, 1.165) is 29.7 Å². The molecule has 0 atom stereocenters. The van der Waals surface area contributed by atoms with Crippen molar-refractivity contribution >= 4 is 28.8 Å². The molecule has 0 unspecified atom stereocenters. The van der Waals surface area contributed by atoms with Gasteiger partial charge in [-0.15, -0.1) is 0 Å². The van der Waals surface area contributed by atoms with E-state index in [9.17, 15) is 4.79 Å². The number of amides is 1. The van der Waals surface area contributed by atoms with Gasteiger partial charge in [-0.05, 0) is 45.4 Å². The van der Waals surface area contributed by atoms with Crippen LogP contribution >= 0.6 is 0 Å². The van der Waals surface area contributed by atoms with Crippen LogP contribution in [0.3, 0.4) is 0 Å². The van der Waals surface area contributed by atoms with Gasteiger partial charge in [0.1, 0.15) is 5.60 Å². The van der Waals surface area contributed by atoms with Crippen molar-refractivity contribution in [2.75, 3.05) is 17.7 Å². The highest BCUT2D eigenvalue weighted by atomic mass is 16.6. The standard InChI is InChI=1S/C16H24N4O2/c1-6-9-20-13-8-7-11(10-12(13)18-14(20)17)19(5)15(21)22-16(2,3)4/h7-8,10H,6,9H2,1-5H3,(H2,17,18). The van der Waals surface area contributed by atoms with Gasteiger partial charge in [0, 0.05) is 19.3 Å². The van der Waals surface area contributed by atoms with Crippen LogP contribution < -0.4 is 10.6 Å². The summed E-state index contributed by atoms with van der Waals surface area (Å²) in [4.78, 5) is 18.0. The molecule has 2 aromatic rings. The summed E-state index contributed by atoms with van der Waals surface area (Å²) in [5, 5.41) is 0. The fourth-order valence-electron chi connectivity index (χ4n) is 2.24. The van der Waals surface area contributed by atoms with E-state index in [1.807, 2.05) is 43.5 Å². The lowest BCUT2D eigenvalue weighted by Crippen LogP contribution is -2.34. The van der Waals surface area contributed by atoms with Crippen LogP contribution in [0, 0.1) is 0 Å². The van der Waals surface area contributed by atoms with Gasteiger partial charge in [-0.2, -0.15) is 0 Å². The van der Waals surface area contributed by atoms with Crippen LogP contribution in [-0.2, 0) is 11.3 Å². The number of nitrogens with zero attached hydrogens (tertiary/aromatic N) is 3. The summed E-state index contributed by atoms with van der Waals surface area (Å²) < 4.78 is 7.35. The predicted octanol–water partition coefficient (Wildman–Crippen LogP) is 3.40. The summed E-state index contributed by atoms with van der Waals surface area (Å²) in [5.74, 6) is 0.494. The van der Waals surface area contributed by atoms with Gasteiger partial charge in [-0.3, -0.25) is 4.90 Å². The molecule has 1 heterocycles. The number of carbonyl (C=O) groups excluding carboxylic acids is 1. The van der Waals surface area contributed by atoms with E-state index in [-0.39, 0.29) is 0 Å². The Kier molecular flexibility index (Phi) is 4.30. The molecular weight excluding hydrogens is 280 g/mol. The van der Waals surface area contributed by atoms with Gasteiger partial charge >= 0.3 is 6.09 Å². The molecule has 1 aromatic carbocycles. The highest BCUT2D eigenvalue weighted by Gasteiger charge is 2.21. The lowest BCUT2D eigenvalue weighted by molar-refractivity contribution is 0.0589. The number of fused-ring (bicyclic) bond motifs is 1. The van der Waals surface area contributed by atoms with Crippen molar-refractivity contribution in [3.8, 4) is 0 Å². The number of imidazole rings is 1. The molecule has 6 heteroatoms. The molecule has 2 rings (SSSR count). The highest BCUT2D eigenvalue weighted by molar-refractivity contribution is 5.91. The number of nitrogen functional groups attached to an aromatic ring is 1. The van der Waals surface area contributed by atoms with Crippen LogP contribution in [0.15, 0.2) is 18.2 Å². The summed E-state index contributed by atoms with van der Waals surface area (Å²) in [7, 11) is 1.68. The minimum absolute atomic E-state index is 0.396. The summed E-state index contributed by atoms with van der Waals surface area (Å²) in [6.45, 7) is 8.44. The summed E-state index contributed by atoms with van der Waals surface area (Å²) >= 11 is 0. The number of anilines is 2. The maximum absolute atomic E-state index is 12.1. The topological polar surface area (TPSA) is 73.4 Å². The Bertz CT molecular complexity index is 685. The van der Waals surface area contributed by atoms with Crippen molar-refractivity contribution in [1.29, 1.82) is 0 Å². The number of hydrogen-bond acceptors (Lipinski definition) is 4. The zero-order chi connectivity index (χ0) is 16.5. The molecule has 0 saturated heterocycles. The molecule has 0 aliphatic rings. The second kappa shape index (κ2) is 5.87. The van der Waals surface area contributed by atoms with Gasteiger partial charge in [0.25, 0.3) is 0 Å². The van der Waals surface area contributed by atoms with Crippen molar-refractivity contribution < 1.29 is 9.53 Å². The first kappa shape index (κ1) is 16.1. The first-order valence-corrected chi connectivity index (χ1v) is 7.45. The van der Waals surface area contributed by atoms with Crippen LogP contribution in [0.5, 0.6) is 0 Å². The van der Waals surface area contributed by atoms with Crippen molar-refractivity contribution in [2.45, 2.75) is 46.3 Å². The molecule has 1 amide bonds. The normalized spacial score (nSPS) is 11.7. The third-order valence-electron chi connectivity index (χ3n) is 3.26. The van der Waals surface area contributed by atoms with Crippen LogP contribution in [-0.4, -0.2) is 28.3 Å². The molecule has 6 nitrogen and oxygen atoms in total. The van der Waals surface area contributed by atoms with Gasteiger partial charge < -0.3 is 15.0 Å². The first-order valence-electron chi connectivity index (χ1n) is 7.45. The second-order valence-electron chi connectivity index (χ2n) is 6.33. The van der Waals surface area contributed by atoms with E-state index in [1.54, 1.807) is 7.05 Å². The predicted molar refractivity (Wildman–Crippen MR) is 89.1 cm³/mol. The smallest absolute Gasteiger partial charge is 0.414 e. The Balaban J connectivity index is 2.31. The summed E-state index contributed by atoms with van der Waals surface area (Å²) in [6.07, 6.45) is 0.586. The average molecular weight is 304 g/mol. The monoisotopic (exact) mass is 304 g/mol. The zero-order valence-electron chi connectivity index (χ0n) is 13.9. The fourth-order valence-corrected chi connectivity index (χ4v) is 2.24. The summed E-state index contributed by atoms with van der Waals surface area (Å²) in [6, 6.07) is 5.66. The number of ether oxygens (including phenoxy) is 1. The Morgan fingerprint density at radius 1 is 1.41 bits per heavy atom. The van der Waals surface area contributed by atoms with Crippen molar-refractivity contribution in [3.05, 3.63) is 18.2 Å². The largest absolute Gasteiger partial charge is 0.443 e. The van der Waals surface area contributed by atoms with Gasteiger partial charge in [-0.1, -0.05) is 6.92 Å². The van der Waals surface area contributed by atoms with Crippen molar-refractivity contribution in [2.24, 2.45) is 0 Å². The number of hydrogen-bond donors (Lipinski definition) is 1. The van der Waals surface area contributed by atoms with Crippen molar-refractivity contribution in [1.82, 2.24) is 9.55 Å². The fraction of sp³-hybridized carbons (Fsp3) is 0.500. The van der Waals surface area contributed by atoms with E-state index in [0.29, 0.717) is 5.95 Å². The van der Waals surface area contributed by atoms with Gasteiger partial charge in [-0.25, -0.2) is 9.78 Å². The molecule has 0 aliphatic heterocycles.